The molecule has 0 unspecified atom stereocenters. The first kappa shape index (κ1) is 13.7. The summed E-state index contributed by atoms with van der Waals surface area (Å²) in [5, 5.41) is 15.0. The summed E-state index contributed by atoms with van der Waals surface area (Å²) in [5.74, 6) is 0.740. The predicted molar refractivity (Wildman–Crippen MR) is 77.1 cm³/mol. The molecule has 20 heavy (non-hydrogen) atoms. The molecule has 0 atom stereocenters. The highest BCUT2D eigenvalue weighted by Gasteiger charge is 2.08. The molecule has 6 heteroatoms. The Hall–Kier alpha value is -2.76. The average Bonchev–Trinajstić information content (AvgIpc) is 2.52. The molecule has 104 valence electrons. The molecule has 0 bridgehead atoms. The molecule has 6 nitrogen and oxygen atoms in total. The Morgan fingerprint density at radius 2 is 2.15 bits per heavy atom. The van der Waals surface area contributed by atoms with Gasteiger partial charge in [0.1, 0.15) is 11.4 Å². The Bertz CT molecular complexity index is 614. The highest BCUT2D eigenvalue weighted by molar-refractivity contribution is 5.96. The molecule has 4 N–H and O–H groups in total. The Morgan fingerprint density at radius 3 is 2.90 bits per heavy atom. The van der Waals surface area contributed by atoms with Gasteiger partial charge < -0.3 is 21.0 Å². The van der Waals surface area contributed by atoms with Crippen LogP contribution in [0.2, 0.25) is 0 Å². The van der Waals surface area contributed by atoms with Gasteiger partial charge in [0.15, 0.2) is 5.84 Å². The number of para-hydroxylation sites is 2. The summed E-state index contributed by atoms with van der Waals surface area (Å²) < 4.78 is 5.27. The van der Waals surface area contributed by atoms with Gasteiger partial charge in [-0.3, -0.25) is 4.98 Å². The van der Waals surface area contributed by atoms with Crippen molar-refractivity contribution in [3.05, 3.63) is 53.9 Å². The third-order valence-corrected chi connectivity index (χ3v) is 2.82. The summed E-state index contributed by atoms with van der Waals surface area (Å²) in [6, 6.07) is 11.3. The minimum Gasteiger partial charge on any atom is -0.495 e. The molecule has 1 aromatic carbocycles. The molecule has 0 saturated carbocycles. The Kier molecular flexibility index (Phi) is 4.39. The first-order valence-electron chi connectivity index (χ1n) is 6.05. The highest BCUT2D eigenvalue weighted by Crippen LogP contribution is 2.23. The van der Waals surface area contributed by atoms with E-state index in [1.807, 2.05) is 30.3 Å². The number of benzene rings is 1. The number of nitrogens with one attached hydrogen (secondary N) is 1. The SMILES string of the molecule is COc1ccccc1NCc1cccnc1C(N)=NO. The van der Waals surface area contributed by atoms with Crippen LogP contribution in [0.3, 0.4) is 0 Å². The fraction of sp³-hybridized carbons (Fsp3) is 0.143. The van der Waals surface area contributed by atoms with Crippen molar-refractivity contribution in [2.24, 2.45) is 10.9 Å². The minimum atomic E-state index is -0.0116. The molecule has 0 spiro atoms. The summed E-state index contributed by atoms with van der Waals surface area (Å²) >= 11 is 0. The van der Waals surface area contributed by atoms with Crippen LogP contribution in [0.1, 0.15) is 11.3 Å². The molecule has 0 aliphatic carbocycles. The van der Waals surface area contributed by atoms with Crippen LogP contribution >= 0.6 is 0 Å². The topological polar surface area (TPSA) is 92.8 Å². The zero-order valence-electron chi connectivity index (χ0n) is 11.1. The Balaban J connectivity index is 2.19. The van der Waals surface area contributed by atoms with Crippen molar-refractivity contribution in [2.75, 3.05) is 12.4 Å². The number of aromatic nitrogens is 1. The van der Waals surface area contributed by atoms with Gasteiger partial charge in [0.05, 0.1) is 12.8 Å². The van der Waals surface area contributed by atoms with Gasteiger partial charge in [0.25, 0.3) is 0 Å². The number of rotatable bonds is 5. The van der Waals surface area contributed by atoms with Gasteiger partial charge >= 0.3 is 0 Å². The largest absolute Gasteiger partial charge is 0.495 e. The summed E-state index contributed by atoms with van der Waals surface area (Å²) in [7, 11) is 1.62. The van der Waals surface area contributed by atoms with Crippen LogP contribution in [0.15, 0.2) is 47.8 Å². The maximum atomic E-state index is 8.76. The quantitative estimate of drug-likeness (QED) is 0.334. The Labute approximate surface area is 116 Å². The van der Waals surface area contributed by atoms with Crippen molar-refractivity contribution in [2.45, 2.75) is 6.54 Å². The highest BCUT2D eigenvalue weighted by atomic mass is 16.5. The van der Waals surface area contributed by atoms with Gasteiger partial charge in [-0.25, -0.2) is 0 Å². The zero-order valence-corrected chi connectivity index (χ0v) is 11.1. The number of ether oxygens (including phenoxy) is 1. The number of methoxy groups -OCH3 is 1. The number of hydrogen-bond acceptors (Lipinski definition) is 5. The molecule has 1 aromatic heterocycles. The molecular formula is C14H16N4O2. The van der Waals surface area contributed by atoms with Crippen molar-refractivity contribution >= 4 is 11.5 Å². The second-order valence-electron chi connectivity index (χ2n) is 4.05. The van der Waals surface area contributed by atoms with E-state index in [-0.39, 0.29) is 5.84 Å². The third-order valence-electron chi connectivity index (χ3n) is 2.82. The second-order valence-corrected chi connectivity index (χ2v) is 4.05. The van der Waals surface area contributed by atoms with E-state index in [1.165, 1.54) is 0 Å². The number of pyridine rings is 1. The van der Waals surface area contributed by atoms with Crippen LogP contribution in [-0.2, 0) is 6.54 Å². The standard InChI is InChI=1S/C14H16N4O2/c1-20-12-7-3-2-6-11(12)17-9-10-5-4-8-16-13(10)14(15)18-19/h2-8,17,19H,9H2,1H3,(H2,15,18). The average molecular weight is 272 g/mol. The molecule has 0 aliphatic heterocycles. The van der Waals surface area contributed by atoms with E-state index < -0.39 is 0 Å². The van der Waals surface area contributed by atoms with Crippen molar-refractivity contribution in [3.8, 4) is 5.75 Å². The first-order chi connectivity index (χ1) is 9.76. The summed E-state index contributed by atoms with van der Waals surface area (Å²) in [4.78, 5) is 4.12. The molecule has 2 rings (SSSR count). The molecule has 0 aliphatic rings. The van der Waals surface area contributed by atoms with Crippen LogP contribution in [0.4, 0.5) is 5.69 Å². The van der Waals surface area contributed by atoms with Crippen molar-refractivity contribution in [1.29, 1.82) is 0 Å². The van der Waals surface area contributed by atoms with Gasteiger partial charge in [0.2, 0.25) is 0 Å². The smallest absolute Gasteiger partial charge is 0.189 e. The van der Waals surface area contributed by atoms with Gasteiger partial charge in [0, 0.05) is 18.3 Å². The maximum Gasteiger partial charge on any atom is 0.189 e. The molecule has 0 amide bonds. The molecule has 0 fully saturated rings. The van der Waals surface area contributed by atoms with Crippen molar-refractivity contribution < 1.29 is 9.94 Å². The van der Waals surface area contributed by atoms with Gasteiger partial charge in [-0.2, -0.15) is 0 Å². The number of nitrogens with two attached hydrogens (primary N) is 1. The lowest BCUT2D eigenvalue weighted by atomic mass is 10.1. The van der Waals surface area contributed by atoms with E-state index in [0.717, 1.165) is 17.0 Å². The van der Waals surface area contributed by atoms with Crippen LogP contribution in [0.5, 0.6) is 5.75 Å². The molecular weight excluding hydrogens is 256 g/mol. The minimum absolute atomic E-state index is 0.0116. The normalized spacial score (nSPS) is 11.2. The fourth-order valence-corrected chi connectivity index (χ4v) is 1.84. The number of amidine groups is 1. The zero-order chi connectivity index (χ0) is 14.4. The Morgan fingerprint density at radius 1 is 1.35 bits per heavy atom. The lowest BCUT2D eigenvalue weighted by Gasteiger charge is -2.12. The lowest BCUT2D eigenvalue weighted by molar-refractivity contribution is 0.318. The summed E-state index contributed by atoms with van der Waals surface area (Å²) in [5.41, 5.74) is 7.75. The fourth-order valence-electron chi connectivity index (χ4n) is 1.84. The van der Waals surface area contributed by atoms with E-state index >= 15 is 0 Å². The van der Waals surface area contributed by atoms with Crippen molar-refractivity contribution in [3.63, 3.8) is 0 Å². The lowest BCUT2D eigenvalue weighted by Crippen LogP contribution is -2.18. The molecule has 2 aromatic rings. The number of hydrogen-bond donors (Lipinski definition) is 3. The first-order valence-corrected chi connectivity index (χ1v) is 6.05. The van der Waals surface area contributed by atoms with Crippen LogP contribution in [0, 0.1) is 0 Å². The summed E-state index contributed by atoms with van der Waals surface area (Å²) in [6.45, 7) is 0.486. The van der Waals surface area contributed by atoms with Gasteiger partial charge in [-0.15, -0.1) is 0 Å². The number of anilines is 1. The van der Waals surface area contributed by atoms with E-state index in [2.05, 4.69) is 15.5 Å². The number of oxime groups is 1. The van der Waals surface area contributed by atoms with E-state index in [9.17, 15) is 0 Å². The molecule has 0 radical (unpaired) electrons. The van der Waals surface area contributed by atoms with Crippen LogP contribution < -0.4 is 15.8 Å². The van der Waals surface area contributed by atoms with Crippen LogP contribution in [0.25, 0.3) is 0 Å². The van der Waals surface area contributed by atoms with E-state index in [0.29, 0.717) is 12.2 Å². The summed E-state index contributed by atoms with van der Waals surface area (Å²) in [6.07, 6.45) is 1.60. The van der Waals surface area contributed by atoms with Gasteiger partial charge in [-0.1, -0.05) is 23.4 Å². The van der Waals surface area contributed by atoms with Crippen molar-refractivity contribution in [1.82, 2.24) is 4.98 Å². The van der Waals surface area contributed by atoms with Crippen LogP contribution in [-0.4, -0.2) is 23.1 Å². The third kappa shape index (κ3) is 2.97. The van der Waals surface area contributed by atoms with E-state index in [4.69, 9.17) is 15.7 Å². The van der Waals surface area contributed by atoms with Gasteiger partial charge in [-0.05, 0) is 18.2 Å². The monoisotopic (exact) mass is 272 g/mol. The second kappa shape index (κ2) is 6.42. The number of nitrogens with zero attached hydrogens (tertiary/aromatic N) is 2. The molecule has 1 heterocycles. The molecule has 0 saturated heterocycles. The van der Waals surface area contributed by atoms with E-state index in [1.54, 1.807) is 19.4 Å². The maximum absolute atomic E-state index is 8.76. The predicted octanol–water partition coefficient (Wildman–Crippen LogP) is 1.80.